The SMILES string of the molecule is O=C1NC(c2c(CNCc3ccc4ccn(CC5=CC=CCC5)c4c3)[nH]c3ccccc23)c2cc(O)ccc21. The molecule has 0 bridgehead atoms. The molecule has 1 unspecified atom stereocenters. The van der Waals surface area contributed by atoms with E-state index in [1.807, 2.05) is 12.1 Å². The predicted octanol–water partition coefficient (Wildman–Crippen LogP) is 6.23. The zero-order chi connectivity index (χ0) is 26.3. The van der Waals surface area contributed by atoms with Gasteiger partial charge in [-0.3, -0.25) is 4.79 Å². The number of hydrogen-bond acceptors (Lipinski definition) is 3. The van der Waals surface area contributed by atoms with Crippen LogP contribution in [-0.4, -0.2) is 20.6 Å². The fraction of sp³-hybridized carbons (Fsp3) is 0.182. The minimum Gasteiger partial charge on any atom is -0.508 e. The van der Waals surface area contributed by atoms with Gasteiger partial charge in [0.2, 0.25) is 0 Å². The summed E-state index contributed by atoms with van der Waals surface area (Å²) in [6.07, 6.45) is 11.1. The van der Waals surface area contributed by atoms with Gasteiger partial charge >= 0.3 is 0 Å². The number of phenols is 1. The van der Waals surface area contributed by atoms with Crippen LogP contribution in [0.2, 0.25) is 0 Å². The fourth-order valence-corrected chi connectivity index (χ4v) is 6.01. The summed E-state index contributed by atoms with van der Waals surface area (Å²) in [5.74, 6) is 0.0432. The van der Waals surface area contributed by atoms with E-state index >= 15 is 0 Å². The topological polar surface area (TPSA) is 82.1 Å². The third-order valence-electron chi connectivity index (χ3n) is 7.93. The van der Waals surface area contributed by atoms with Crippen molar-refractivity contribution in [2.75, 3.05) is 0 Å². The number of fused-ring (bicyclic) bond motifs is 3. The highest BCUT2D eigenvalue weighted by molar-refractivity contribution is 6.01. The van der Waals surface area contributed by atoms with Crippen molar-refractivity contribution < 1.29 is 9.90 Å². The number of nitrogens with zero attached hydrogens (tertiary/aromatic N) is 1. The maximum atomic E-state index is 12.7. The average Bonchev–Trinajstić information content (AvgIpc) is 3.62. The molecule has 3 aromatic carbocycles. The van der Waals surface area contributed by atoms with E-state index in [9.17, 15) is 9.90 Å². The summed E-state index contributed by atoms with van der Waals surface area (Å²) in [7, 11) is 0. The van der Waals surface area contributed by atoms with Crippen molar-refractivity contribution in [3.05, 3.63) is 125 Å². The van der Waals surface area contributed by atoms with E-state index in [-0.39, 0.29) is 17.7 Å². The summed E-state index contributed by atoms with van der Waals surface area (Å²) < 4.78 is 2.34. The Balaban J connectivity index is 1.15. The van der Waals surface area contributed by atoms with Gasteiger partial charge in [-0.25, -0.2) is 0 Å². The molecule has 4 N–H and O–H groups in total. The van der Waals surface area contributed by atoms with Crippen LogP contribution in [0.15, 0.2) is 96.7 Å². The number of carbonyl (C=O) groups is 1. The average molecular weight is 515 g/mol. The number of H-pyrrole nitrogens is 1. The summed E-state index contributed by atoms with van der Waals surface area (Å²) >= 11 is 0. The molecule has 6 heteroatoms. The van der Waals surface area contributed by atoms with E-state index in [0.717, 1.165) is 53.7 Å². The van der Waals surface area contributed by atoms with Crippen LogP contribution in [0.25, 0.3) is 21.8 Å². The molecule has 1 aliphatic carbocycles. The van der Waals surface area contributed by atoms with Gasteiger partial charge in [-0.05, 0) is 65.8 Å². The normalized spacial score (nSPS) is 16.6. The Morgan fingerprint density at radius 1 is 1.03 bits per heavy atom. The number of benzene rings is 3. The Bertz CT molecular complexity index is 1790. The maximum Gasteiger partial charge on any atom is 0.252 e. The molecule has 0 saturated carbocycles. The van der Waals surface area contributed by atoms with E-state index < -0.39 is 0 Å². The highest BCUT2D eigenvalue weighted by Gasteiger charge is 2.33. The minimum atomic E-state index is -0.323. The van der Waals surface area contributed by atoms with Crippen molar-refractivity contribution in [1.29, 1.82) is 0 Å². The molecule has 6 nitrogen and oxygen atoms in total. The predicted molar refractivity (Wildman–Crippen MR) is 155 cm³/mol. The van der Waals surface area contributed by atoms with Crippen molar-refractivity contribution in [3.8, 4) is 5.75 Å². The van der Waals surface area contributed by atoms with E-state index in [1.165, 1.54) is 22.0 Å². The molecule has 0 radical (unpaired) electrons. The van der Waals surface area contributed by atoms with Crippen molar-refractivity contribution >= 4 is 27.7 Å². The Morgan fingerprint density at radius 2 is 1.95 bits per heavy atom. The number of carbonyl (C=O) groups excluding carboxylic acids is 1. The zero-order valence-corrected chi connectivity index (χ0v) is 21.6. The lowest BCUT2D eigenvalue weighted by atomic mass is 9.95. The lowest BCUT2D eigenvalue weighted by Crippen LogP contribution is -2.22. The van der Waals surface area contributed by atoms with Gasteiger partial charge in [0.15, 0.2) is 0 Å². The molecule has 5 aromatic rings. The Labute approximate surface area is 226 Å². The summed E-state index contributed by atoms with van der Waals surface area (Å²) in [5, 5.41) is 19.2. The van der Waals surface area contributed by atoms with E-state index in [2.05, 4.69) is 81.0 Å². The molecule has 0 saturated heterocycles. The van der Waals surface area contributed by atoms with Crippen LogP contribution in [0.3, 0.4) is 0 Å². The van der Waals surface area contributed by atoms with Crippen LogP contribution in [0, 0.1) is 0 Å². The van der Waals surface area contributed by atoms with Crippen LogP contribution in [0.1, 0.15) is 51.6 Å². The lowest BCUT2D eigenvalue weighted by Gasteiger charge is -2.15. The fourth-order valence-electron chi connectivity index (χ4n) is 6.01. The molecule has 1 aliphatic heterocycles. The van der Waals surface area contributed by atoms with Gasteiger partial charge in [0.25, 0.3) is 5.91 Å². The first-order chi connectivity index (χ1) is 19.1. The summed E-state index contributed by atoms with van der Waals surface area (Å²) in [5.41, 5.74) is 8.44. The van der Waals surface area contributed by atoms with E-state index in [1.54, 1.807) is 18.2 Å². The smallest absolute Gasteiger partial charge is 0.252 e. The van der Waals surface area contributed by atoms with Crippen LogP contribution in [0.4, 0.5) is 0 Å². The Hall–Kier alpha value is -4.55. The molecular formula is C33H30N4O2. The number of para-hydroxylation sites is 1. The van der Waals surface area contributed by atoms with E-state index in [4.69, 9.17) is 0 Å². The summed E-state index contributed by atoms with van der Waals surface area (Å²) in [6, 6.07) is 21.6. The first-order valence-corrected chi connectivity index (χ1v) is 13.5. The van der Waals surface area contributed by atoms with Gasteiger partial charge < -0.3 is 25.3 Å². The third kappa shape index (κ3) is 4.33. The first-order valence-electron chi connectivity index (χ1n) is 13.5. The van der Waals surface area contributed by atoms with Crippen molar-refractivity contribution in [3.63, 3.8) is 0 Å². The third-order valence-corrected chi connectivity index (χ3v) is 7.93. The largest absolute Gasteiger partial charge is 0.508 e. The number of hydrogen-bond donors (Lipinski definition) is 4. The molecular weight excluding hydrogens is 484 g/mol. The highest BCUT2D eigenvalue weighted by Crippen LogP contribution is 2.38. The maximum absolute atomic E-state index is 12.7. The molecule has 0 fully saturated rings. The highest BCUT2D eigenvalue weighted by atomic mass is 16.3. The molecule has 3 heterocycles. The van der Waals surface area contributed by atoms with Gasteiger partial charge in [-0.1, -0.05) is 54.1 Å². The van der Waals surface area contributed by atoms with Gasteiger partial charge in [-0.15, -0.1) is 0 Å². The van der Waals surface area contributed by atoms with Gasteiger partial charge in [0, 0.05) is 59.1 Å². The number of nitrogens with one attached hydrogen (secondary N) is 3. The Kier molecular flexibility index (Phi) is 5.82. The van der Waals surface area contributed by atoms with Gasteiger partial charge in [0.05, 0.1) is 6.04 Å². The molecule has 7 rings (SSSR count). The van der Waals surface area contributed by atoms with Crippen LogP contribution >= 0.6 is 0 Å². The quantitative estimate of drug-likeness (QED) is 0.208. The number of aromatic amines is 1. The van der Waals surface area contributed by atoms with Crippen molar-refractivity contribution in [2.45, 2.75) is 38.5 Å². The number of aromatic hydroxyl groups is 1. The second kappa shape index (κ2) is 9.64. The second-order valence-corrected chi connectivity index (χ2v) is 10.5. The number of aromatic nitrogens is 2. The van der Waals surface area contributed by atoms with E-state index in [0.29, 0.717) is 12.1 Å². The molecule has 2 aliphatic rings. The number of phenolic OH excluding ortho intramolecular Hbond substituents is 1. The monoisotopic (exact) mass is 514 g/mol. The van der Waals surface area contributed by atoms with Crippen LogP contribution < -0.4 is 10.6 Å². The van der Waals surface area contributed by atoms with Crippen LogP contribution in [-0.2, 0) is 19.6 Å². The number of rotatable bonds is 7. The lowest BCUT2D eigenvalue weighted by molar-refractivity contribution is 0.0960. The van der Waals surface area contributed by atoms with Crippen molar-refractivity contribution in [1.82, 2.24) is 20.2 Å². The van der Waals surface area contributed by atoms with Gasteiger partial charge in [0.1, 0.15) is 5.75 Å². The number of allylic oxidation sites excluding steroid dienone is 4. The molecule has 2 aromatic heterocycles. The molecule has 1 atom stereocenters. The van der Waals surface area contributed by atoms with Gasteiger partial charge in [-0.2, -0.15) is 0 Å². The first kappa shape index (κ1) is 23.6. The summed E-state index contributed by atoms with van der Waals surface area (Å²) in [6.45, 7) is 2.26. The Morgan fingerprint density at radius 3 is 2.85 bits per heavy atom. The molecule has 39 heavy (non-hydrogen) atoms. The van der Waals surface area contributed by atoms with Crippen LogP contribution in [0.5, 0.6) is 5.75 Å². The standard InChI is InChI=1S/C33H30N4O2/c38-24-12-13-25-27(17-24)32(36-33(25)39)31-26-8-4-5-9-28(26)35-29(31)19-34-18-22-10-11-23-14-15-37(30(23)16-22)20-21-6-2-1-3-7-21/h1-2,4-6,8-17,32,34-35,38H,3,7,18-20H2,(H,36,39). The zero-order valence-electron chi connectivity index (χ0n) is 21.6. The molecule has 0 spiro atoms. The minimum absolute atomic E-state index is 0.115. The number of amides is 1. The summed E-state index contributed by atoms with van der Waals surface area (Å²) in [4.78, 5) is 16.3. The molecule has 1 amide bonds. The van der Waals surface area contributed by atoms with Crippen molar-refractivity contribution in [2.24, 2.45) is 0 Å². The second-order valence-electron chi connectivity index (χ2n) is 10.5. The molecule has 194 valence electrons.